The largest absolute Gasteiger partial charge is 0.478 e. The number of aromatic nitrogens is 2. The SMILES string of the molecule is Cc1ccc(CC(=O)Nc2cc(-c3cc(F)ccc3C(=O)O)c(F)cc2N(CC(C)C)C2CCCCC2)nn1. The molecule has 3 aromatic rings. The molecular formula is C30H34F2N4O3. The minimum Gasteiger partial charge on any atom is -0.478 e. The Hall–Kier alpha value is -3.88. The number of anilines is 2. The summed E-state index contributed by atoms with van der Waals surface area (Å²) in [5.74, 6) is -2.79. The number of hydrogen-bond donors (Lipinski definition) is 2. The van der Waals surface area contributed by atoms with Crippen LogP contribution in [-0.2, 0) is 11.2 Å². The van der Waals surface area contributed by atoms with Crippen molar-refractivity contribution in [2.24, 2.45) is 5.92 Å². The summed E-state index contributed by atoms with van der Waals surface area (Å²) in [5.41, 5.74) is 1.63. The van der Waals surface area contributed by atoms with Crippen molar-refractivity contribution in [1.29, 1.82) is 0 Å². The van der Waals surface area contributed by atoms with Crippen molar-refractivity contribution in [2.75, 3.05) is 16.8 Å². The highest BCUT2D eigenvalue weighted by Gasteiger charge is 2.27. The van der Waals surface area contributed by atoms with E-state index >= 15 is 4.39 Å². The lowest BCUT2D eigenvalue weighted by molar-refractivity contribution is -0.115. The smallest absolute Gasteiger partial charge is 0.336 e. The van der Waals surface area contributed by atoms with Crippen molar-refractivity contribution in [3.05, 3.63) is 71.1 Å². The van der Waals surface area contributed by atoms with Crippen LogP contribution in [0.3, 0.4) is 0 Å². The van der Waals surface area contributed by atoms with Gasteiger partial charge >= 0.3 is 5.97 Å². The average Bonchev–Trinajstić information content (AvgIpc) is 2.89. The molecule has 0 bridgehead atoms. The maximum absolute atomic E-state index is 15.8. The molecule has 1 fully saturated rings. The summed E-state index contributed by atoms with van der Waals surface area (Å²) in [6, 6.07) is 9.56. The number of rotatable bonds is 9. The van der Waals surface area contributed by atoms with E-state index in [9.17, 15) is 19.1 Å². The third kappa shape index (κ3) is 6.96. The molecule has 0 saturated heterocycles. The van der Waals surface area contributed by atoms with E-state index < -0.39 is 17.6 Å². The van der Waals surface area contributed by atoms with E-state index in [1.807, 2.05) is 0 Å². The highest BCUT2D eigenvalue weighted by atomic mass is 19.1. The fraction of sp³-hybridized carbons (Fsp3) is 0.400. The van der Waals surface area contributed by atoms with Gasteiger partial charge in [0.25, 0.3) is 0 Å². The van der Waals surface area contributed by atoms with E-state index in [0.29, 0.717) is 23.6 Å². The summed E-state index contributed by atoms with van der Waals surface area (Å²) in [4.78, 5) is 27.2. The third-order valence-corrected chi connectivity index (χ3v) is 6.94. The maximum Gasteiger partial charge on any atom is 0.336 e. The number of halogens is 2. The van der Waals surface area contributed by atoms with Gasteiger partial charge in [-0.15, -0.1) is 0 Å². The summed E-state index contributed by atoms with van der Waals surface area (Å²) in [6.07, 6.45) is 5.15. The molecule has 4 rings (SSSR count). The number of carboxylic acid groups (broad SMARTS) is 1. The van der Waals surface area contributed by atoms with Crippen LogP contribution >= 0.6 is 0 Å². The molecule has 39 heavy (non-hydrogen) atoms. The highest BCUT2D eigenvalue weighted by molar-refractivity contribution is 5.99. The van der Waals surface area contributed by atoms with Crippen molar-refractivity contribution in [3.63, 3.8) is 0 Å². The number of aryl methyl sites for hydroxylation is 1. The molecule has 0 aliphatic heterocycles. The number of carbonyl (C=O) groups is 2. The van der Waals surface area contributed by atoms with Crippen molar-refractivity contribution in [2.45, 2.75) is 65.3 Å². The molecule has 2 aromatic carbocycles. The second kappa shape index (κ2) is 12.3. The quantitative estimate of drug-likeness (QED) is 0.328. The number of hydrogen-bond acceptors (Lipinski definition) is 5. The lowest BCUT2D eigenvalue weighted by atomic mass is 9.92. The van der Waals surface area contributed by atoms with Gasteiger partial charge in [-0.25, -0.2) is 13.6 Å². The molecule has 206 valence electrons. The van der Waals surface area contributed by atoms with Crippen LogP contribution < -0.4 is 10.2 Å². The fourth-order valence-corrected chi connectivity index (χ4v) is 5.14. The predicted octanol–water partition coefficient (Wildman–Crippen LogP) is 6.40. The third-order valence-electron chi connectivity index (χ3n) is 6.94. The molecule has 0 unspecified atom stereocenters. The molecule has 1 saturated carbocycles. The first-order valence-corrected chi connectivity index (χ1v) is 13.3. The summed E-state index contributed by atoms with van der Waals surface area (Å²) >= 11 is 0. The van der Waals surface area contributed by atoms with Crippen LogP contribution in [0.15, 0.2) is 42.5 Å². The number of carbonyl (C=O) groups excluding carboxylic acids is 1. The first-order chi connectivity index (χ1) is 18.6. The predicted molar refractivity (Wildman–Crippen MR) is 147 cm³/mol. The Balaban J connectivity index is 1.81. The molecule has 1 aliphatic rings. The monoisotopic (exact) mass is 536 g/mol. The van der Waals surface area contributed by atoms with Crippen LogP contribution in [0.2, 0.25) is 0 Å². The summed E-state index contributed by atoms with van der Waals surface area (Å²) in [5, 5.41) is 20.7. The van der Waals surface area contributed by atoms with Crippen molar-refractivity contribution >= 4 is 23.3 Å². The van der Waals surface area contributed by atoms with Gasteiger partial charge in [0.1, 0.15) is 11.6 Å². The number of amides is 1. The van der Waals surface area contributed by atoms with Crippen LogP contribution in [0.5, 0.6) is 0 Å². The fourth-order valence-electron chi connectivity index (χ4n) is 5.14. The number of aromatic carboxylic acids is 1. The van der Waals surface area contributed by atoms with Crippen LogP contribution in [0.1, 0.15) is 67.7 Å². The number of carboxylic acids is 1. The molecular weight excluding hydrogens is 502 g/mol. The first kappa shape index (κ1) is 28.1. The maximum atomic E-state index is 15.8. The van der Waals surface area contributed by atoms with Crippen LogP contribution in [-0.4, -0.2) is 39.8 Å². The number of nitrogens with one attached hydrogen (secondary N) is 1. The highest BCUT2D eigenvalue weighted by Crippen LogP contribution is 2.39. The van der Waals surface area contributed by atoms with E-state index in [4.69, 9.17) is 0 Å². The molecule has 1 heterocycles. The van der Waals surface area contributed by atoms with Gasteiger partial charge in [0.15, 0.2) is 0 Å². The van der Waals surface area contributed by atoms with Gasteiger partial charge < -0.3 is 15.3 Å². The van der Waals surface area contributed by atoms with Gasteiger partial charge in [0.05, 0.1) is 34.7 Å². The lowest BCUT2D eigenvalue weighted by Crippen LogP contribution is -2.40. The van der Waals surface area contributed by atoms with Crippen LogP contribution in [0.4, 0.5) is 20.2 Å². The zero-order valence-electron chi connectivity index (χ0n) is 22.5. The van der Waals surface area contributed by atoms with Crippen LogP contribution in [0.25, 0.3) is 11.1 Å². The number of nitrogens with zero attached hydrogens (tertiary/aromatic N) is 3. The zero-order chi connectivity index (χ0) is 28.1. The van der Waals surface area contributed by atoms with Crippen molar-refractivity contribution in [3.8, 4) is 11.1 Å². The van der Waals surface area contributed by atoms with E-state index in [0.717, 1.165) is 56.0 Å². The van der Waals surface area contributed by atoms with Gasteiger partial charge in [0, 0.05) is 23.7 Å². The van der Waals surface area contributed by atoms with Gasteiger partial charge in [-0.3, -0.25) is 4.79 Å². The van der Waals surface area contributed by atoms with E-state index in [2.05, 4.69) is 34.3 Å². The molecule has 7 nitrogen and oxygen atoms in total. The van der Waals surface area contributed by atoms with Crippen LogP contribution in [0, 0.1) is 24.5 Å². The minimum absolute atomic E-state index is 0.0482. The molecule has 1 aromatic heterocycles. The van der Waals surface area contributed by atoms with E-state index in [-0.39, 0.29) is 41.0 Å². The van der Waals surface area contributed by atoms with Gasteiger partial charge in [-0.05, 0) is 68.1 Å². The summed E-state index contributed by atoms with van der Waals surface area (Å²) in [6.45, 7) is 6.62. The Kier molecular flexibility index (Phi) is 8.89. The Labute approximate surface area is 227 Å². The molecule has 1 aliphatic carbocycles. The topological polar surface area (TPSA) is 95.4 Å². The van der Waals surface area contributed by atoms with Gasteiger partial charge in [0.2, 0.25) is 5.91 Å². The molecule has 1 amide bonds. The summed E-state index contributed by atoms with van der Waals surface area (Å²) < 4.78 is 30.0. The molecule has 0 spiro atoms. The minimum atomic E-state index is -1.30. The normalized spacial score (nSPS) is 13.9. The molecule has 2 N–H and O–H groups in total. The Morgan fingerprint density at radius 3 is 2.41 bits per heavy atom. The van der Waals surface area contributed by atoms with E-state index in [1.54, 1.807) is 19.1 Å². The number of benzene rings is 2. The Bertz CT molecular complexity index is 1340. The van der Waals surface area contributed by atoms with Gasteiger partial charge in [-0.1, -0.05) is 33.1 Å². The van der Waals surface area contributed by atoms with E-state index in [1.165, 1.54) is 12.1 Å². The summed E-state index contributed by atoms with van der Waals surface area (Å²) in [7, 11) is 0. The standard InChI is InChI=1S/C30H34F2N4O3/c1-18(2)17-36(22-7-5-4-6-8-22)28-16-26(32)25(24-13-20(31)10-12-23(24)30(38)39)15-27(28)33-29(37)14-21-11-9-19(3)34-35-21/h9-13,15-16,18,22H,4-8,14,17H2,1-3H3,(H,33,37)(H,38,39). The Morgan fingerprint density at radius 1 is 1.03 bits per heavy atom. The van der Waals surface area contributed by atoms with Gasteiger partial charge in [-0.2, -0.15) is 10.2 Å². The molecule has 0 atom stereocenters. The zero-order valence-corrected chi connectivity index (χ0v) is 22.5. The molecule has 9 heteroatoms. The molecule has 0 radical (unpaired) electrons. The lowest BCUT2D eigenvalue weighted by Gasteiger charge is -2.38. The second-order valence-electron chi connectivity index (χ2n) is 10.6. The average molecular weight is 537 g/mol. The van der Waals surface area contributed by atoms with Crippen molar-refractivity contribution in [1.82, 2.24) is 10.2 Å². The van der Waals surface area contributed by atoms with Crippen molar-refractivity contribution < 1.29 is 23.5 Å². The first-order valence-electron chi connectivity index (χ1n) is 13.3. The Morgan fingerprint density at radius 2 is 1.77 bits per heavy atom. The second-order valence-corrected chi connectivity index (χ2v) is 10.6.